The molecule has 0 amide bonds. The van der Waals surface area contributed by atoms with Crippen molar-refractivity contribution in [1.82, 2.24) is 0 Å². The minimum atomic E-state index is 0.572. The first-order valence-electron chi connectivity index (χ1n) is 7.58. The Morgan fingerprint density at radius 3 is 2.12 bits per heavy atom. The van der Waals surface area contributed by atoms with Crippen molar-refractivity contribution >= 4 is 22.7 Å². The van der Waals surface area contributed by atoms with E-state index >= 15 is 0 Å². The van der Waals surface area contributed by atoms with Crippen molar-refractivity contribution in [3.63, 3.8) is 0 Å². The Kier molecular flexibility index (Phi) is 4.66. The third-order valence-corrected chi connectivity index (χ3v) is 3.81. The zero-order valence-corrected chi connectivity index (χ0v) is 13.9. The Hall–Kier alpha value is -3.01. The smallest absolute Gasteiger partial charge is 0.203 e. The molecule has 0 aliphatic carbocycles. The van der Waals surface area contributed by atoms with Crippen LogP contribution in [0.2, 0.25) is 0 Å². The summed E-state index contributed by atoms with van der Waals surface area (Å²) in [6, 6.07) is 18.0. The van der Waals surface area contributed by atoms with Crippen LogP contribution in [0.5, 0.6) is 17.2 Å². The van der Waals surface area contributed by atoms with Crippen molar-refractivity contribution in [3.8, 4) is 17.2 Å². The van der Waals surface area contributed by atoms with Crippen LogP contribution in [-0.2, 0) is 0 Å². The highest BCUT2D eigenvalue weighted by atomic mass is 16.5. The highest BCUT2D eigenvalue weighted by Crippen LogP contribution is 2.38. The maximum atomic E-state index is 5.37. The quantitative estimate of drug-likeness (QED) is 0.644. The van der Waals surface area contributed by atoms with Crippen LogP contribution >= 0.6 is 0 Å². The lowest BCUT2D eigenvalue weighted by Gasteiger charge is -2.12. The molecule has 0 saturated carbocycles. The van der Waals surface area contributed by atoms with Gasteiger partial charge in [-0.3, -0.25) is 4.99 Å². The molecular formula is C20H19NO3. The molecule has 3 rings (SSSR count). The van der Waals surface area contributed by atoms with Gasteiger partial charge in [-0.2, -0.15) is 0 Å². The van der Waals surface area contributed by atoms with Gasteiger partial charge in [0.25, 0.3) is 0 Å². The van der Waals surface area contributed by atoms with Gasteiger partial charge in [-0.1, -0.05) is 36.4 Å². The molecule has 0 aliphatic heterocycles. The zero-order valence-electron chi connectivity index (χ0n) is 13.9. The first-order chi connectivity index (χ1) is 11.8. The van der Waals surface area contributed by atoms with Crippen LogP contribution in [-0.4, -0.2) is 27.5 Å². The molecule has 0 fully saturated rings. The number of aliphatic imine (C=N–C) groups is 1. The van der Waals surface area contributed by atoms with E-state index in [-0.39, 0.29) is 0 Å². The SMILES string of the molecule is COc1cc(C=Nc2cccc3ccccc23)cc(OC)c1OC. The fraction of sp³-hybridized carbons (Fsp3) is 0.150. The lowest BCUT2D eigenvalue weighted by atomic mass is 10.1. The molecule has 0 atom stereocenters. The van der Waals surface area contributed by atoms with E-state index in [0.29, 0.717) is 17.2 Å². The molecule has 0 unspecified atom stereocenters. The van der Waals surface area contributed by atoms with Crippen molar-refractivity contribution in [2.24, 2.45) is 4.99 Å². The van der Waals surface area contributed by atoms with E-state index in [1.54, 1.807) is 27.5 Å². The number of ether oxygens (including phenoxy) is 3. The molecule has 0 N–H and O–H groups in total. The molecule has 0 spiro atoms. The van der Waals surface area contributed by atoms with Crippen molar-refractivity contribution in [2.45, 2.75) is 0 Å². The average molecular weight is 321 g/mol. The molecule has 0 bridgehead atoms. The van der Waals surface area contributed by atoms with Crippen molar-refractivity contribution in [2.75, 3.05) is 21.3 Å². The van der Waals surface area contributed by atoms with E-state index in [9.17, 15) is 0 Å². The van der Waals surface area contributed by atoms with E-state index in [1.807, 2.05) is 36.4 Å². The Balaban J connectivity index is 2.02. The molecular weight excluding hydrogens is 302 g/mol. The van der Waals surface area contributed by atoms with E-state index < -0.39 is 0 Å². The largest absolute Gasteiger partial charge is 0.493 e. The molecule has 0 heterocycles. The Labute approximate surface area is 141 Å². The summed E-state index contributed by atoms with van der Waals surface area (Å²) in [5, 5.41) is 2.28. The fourth-order valence-corrected chi connectivity index (χ4v) is 2.64. The van der Waals surface area contributed by atoms with Crippen LogP contribution in [0.15, 0.2) is 59.6 Å². The lowest BCUT2D eigenvalue weighted by molar-refractivity contribution is 0.324. The molecule has 122 valence electrons. The number of benzene rings is 3. The van der Waals surface area contributed by atoms with E-state index in [1.165, 1.54) is 0 Å². The molecule has 3 aromatic carbocycles. The summed E-state index contributed by atoms with van der Waals surface area (Å²) in [5.74, 6) is 1.79. The van der Waals surface area contributed by atoms with Gasteiger partial charge in [-0.05, 0) is 23.6 Å². The zero-order chi connectivity index (χ0) is 16.9. The first-order valence-corrected chi connectivity index (χ1v) is 7.58. The van der Waals surface area contributed by atoms with Crippen LogP contribution in [0.4, 0.5) is 5.69 Å². The number of fused-ring (bicyclic) bond motifs is 1. The molecule has 24 heavy (non-hydrogen) atoms. The van der Waals surface area contributed by atoms with Crippen LogP contribution in [0.3, 0.4) is 0 Å². The Morgan fingerprint density at radius 2 is 1.46 bits per heavy atom. The summed E-state index contributed by atoms with van der Waals surface area (Å²) in [5.41, 5.74) is 1.79. The summed E-state index contributed by atoms with van der Waals surface area (Å²) in [6.07, 6.45) is 1.80. The van der Waals surface area contributed by atoms with Crippen molar-refractivity contribution in [3.05, 3.63) is 60.2 Å². The van der Waals surface area contributed by atoms with Gasteiger partial charge in [-0.25, -0.2) is 0 Å². The van der Waals surface area contributed by atoms with Gasteiger partial charge in [0.05, 0.1) is 27.0 Å². The van der Waals surface area contributed by atoms with E-state index in [4.69, 9.17) is 14.2 Å². The predicted octanol–water partition coefficient (Wildman–Crippen LogP) is 4.62. The van der Waals surface area contributed by atoms with E-state index in [0.717, 1.165) is 22.0 Å². The van der Waals surface area contributed by atoms with Crippen LogP contribution in [0.25, 0.3) is 10.8 Å². The van der Waals surface area contributed by atoms with Gasteiger partial charge in [0, 0.05) is 17.2 Å². The molecule has 0 aliphatic rings. The molecule has 4 nitrogen and oxygen atoms in total. The summed E-state index contributed by atoms with van der Waals surface area (Å²) in [4.78, 5) is 4.63. The molecule has 0 radical (unpaired) electrons. The van der Waals surface area contributed by atoms with Crippen molar-refractivity contribution in [1.29, 1.82) is 0 Å². The third-order valence-electron chi connectivity index (χ3n) is 3.81. The maximum absolute atomic E-state index is 5.37. The predicted molar refractivity (Wildman–Crippen MR) is 97.3 cm³/mol. The second-order valence-corrected chi connectivity index (χ2v) is 5.22. The normalized spacial score (nSPS) is 11.0. The van der Waals surface area contributed by atoms with Crippen molar-refractivity contribution < 1.29 is 14.2 Å². The summed E-state index contributed by atoms with van der Waals surface area (Å²) >= 11 is 0. The van der Waals surface area contributed by atoms with Gasteiger partial charge in [-0.15, -0.1) is 0 Å². The van der Waals surface area contributed by atoms with Crippen LogP contribution in [0.1, 0.15) is 5.56 Å². The highest BCUT2D eigenvalue weighted by molar-refractivity contribution is 5.95. The highest BCUT2D eigenvalue weighted by Gasteiger charge is 2.12. The van der Waals surface area contributed by atoms with E-state index in [2.05, 4.69) is 23.2 Å². The second kappa shape index (κ2) is 7.04. The van der Waals surface area contributed by atoms with Gasteiger partial charge in [0.1, 0.15) is 0 Å². The minimum Gasteiger partial charge on any atom is -0.493 e. The number of rotatable bonds is 5. The molecule has 4 heteroatoms. The van der Waals surface area contributed by atoms with Crippen LogP contribution < -0.4 is 14.2 Å². The molecule has 0 aromatic heterocycles. The topological polar surface area (TPSA) is 40.0 Å². The third kappa shape index (κ3) is 3.04. The number of hydrogen-bond acceptors (Lipinski definition) is 4. The van der Waals surface area contributed by atoms with Gasteiger partial charge >= 0.3 is 0 Å². The van der Waals surface area contributed by atoms with Gasteiger partial charge in [0.15, 0.2) is 11.5 Å². The van der Waals surface area contributed by atoms with Gasteiger partial charge < -0.3 is 14.2 Å². The maximum Gasteiger partial charge on any atom is 0.203 e. The average Bonchev–Trinajstić information content (AvgIpc) is 2.65. The van der Waals surface area contributed by atoms with Crippen LogP contribution in [0, 0.1) is 0 Å². The minimum absolute atomic E-state index is 0.572. The second-order valence-electron chi connectivity index (χ2n) is 5.22. The standard InChI is InChI=1S/C20H19NO3/c1-22-18-11-14(12-19(23-2)20(18)24-3)13-21-17-10-6-8-15-7-4-5-9-16(15)17/h4-13H,1-3H3. The Morgan fingerprint density at radius 1 is 0.792 bits per heavy atom. The summed E-state index contributed by atoms with van der Waals surface area (Å²) in [7, 11) is 4.79. The first kappa shape index (κ1) is 15.9. The number of methoxy groups -OCH3 is 3. The van der Waals surface area contributed by atoms with Gasteiger partial charge in [0.2, 0.25) is 5.75 Å². The Bertz CT molecular complexity index is 857. The lowest BCUT2D eigenvalue weighted by Crippen LogP contribution is -1.96. The number of nitrogens with zero attached hydrogens (tertiary/aromatic N) is 1. The monoisotopic (exact) mass is 321 g/mol. The number of hydrogen-bond donors (Lipinski definition) is 0. The summed E-state index contributed by atoms with van der Waals surface area (Å²) < 4.78 is 16.1. The molecule has 3 aromatic rings. The molecule has 0 saturated heterocycles. The fourth-order valence-electron chi connectivity index (χ4n) is 2.64. The summed E-state index contributed by atoms with van der Waals surface area (Å²) in [6.45, 7) is 0.